The number of para-hydroxylation sites is 2. The molecule has 170 valence electrons. The predicted octanol–water partition coefficient (Wildman–Crippen LogP) is 6.07. The zero-order chi connectivity index (χ0) is 23.3. The minimum Gasteiger partial charge on any atom is -0.348 e. The van der Waals surface area contributed by atoms with Crippen molar-refractivity contribution in [3.8, 4) is 0 Å². The minimum atomic E-state index is -0.0689. The van der Waals surface area contributed by atoms with Crippen LogP contribution in [0.15, 0.2) is 89.4 Å². The molecule has 0 saturated heterocycles. The Balaban J connectivity index is 1.13. The molecule has 0 saturated carbocycles. The number of nitrogens with zero attached hydrogens (tertiary/aromatic N) is 3. The molecule has 0 unspecified atom stereocenters. The van der Waals surface area contributed by atoms with Gasteiger partial charge in [-0.1, -0.05) is 36.4 Å². The zero-order valence-electron chi connectivity index (χ0n) is 18.8. The van der Waals surface area contributed by atoms with Crippen molar-refractivity contribution in [2.45, 2.75) is 30.7 Å². The molecule has 0 bridgehead atoms. The second kappa shape index (κ2) is 10.2. The van der Waals surface area contributed by atoms with Gasteiger partial charge in [-0.25, -0.2) is 9.97 Å². The summed E-state index contributed by atoms with van der Waals surface area (Å²) >= 11 is 3.40. The number of amides is 1. The highest BCUT2D eigenvalue weighted by Crippen LogP contribution is 2.24. The van der Waals surface area contributed by atoms with Crippen LogP contribution in [0.1, 0.15) is 32.2 Å². The van der Waals surface area contributed by atoms with E-state index in [0.29, 0.717) is 12.1 Å². The summed E-state index contributed by atoms with van der Waals surface area (Å²) < 4.78 is 2.14. The Labute approximate surface area is 206 Å². The largest absolute Gasteiger partial charge is 0.348 e. The zero-order valence-corrected chi connectivity index (χ0v) is 20.4. The van der Waals surface area contributed by atoms with E-state index in [2.05, 4.69) is 55.6 Å². The monoisotopic (exact) mass is 484 g/mol. The lowest BCUT2D eigenvalue weighted by Gasteiger charge is -2.08. The number of nitrogens with one attached hydrogen (secondary N) is 1. The van der Waals surface area contributed by atoms with Gasteiger partial charge in [0.25, 0.3) is 5.91 Å². The van der Waals surface area contributed by atoms with Crippen LogP contribution in [0.2, 0.25) is 0 Å². The van der Waals surface area contributed by atoms with E-state index in [4.69, 9.17) is 0 Å². The first-order chi connectivity index (χ1) is 16.6. The lowest BCUT2D eigenvalue weighted by atomic mass is 10.1. The first kappa shape index (κ1) is 22.4. The SMILES string of the molecule is Cc1nc(CSc2ccc(C(=O)NCc3ccc(Cn4cnc5ccccc54)cc3)cc2)cs1. The summed E-state index contributed by atoms with van der Waals surface area (Å²) in [4.78, 5) is 22.6. The Kier molecular flexibility index (Phi) is 6.74. The van der Waals surface area contributed by atoms with Crippen LogP contribution >= 0.6 is 23.1 Å². The van der Waals surface area contributed by atoms with E-state index in [1.165, 1.54) is 5.56 Å². The second-order valence-electron chi connectivity index (χ2n) is 8.03. The van der Waals surface area contributed by atoms with Crippen LogP contribution in [-0.2, 0) is 18.8 Å². The average molecular weight is 485 g/mol. The summed E-state index contributed by atoms with van der Waals surface area (Å²) in [5.41, 5.74) is 6.15. The van der Waals surface area contributed by atoms with Gasteiger partial charge in [-0.2, -0.15) is 0 Å². The van der Waals surface area contributed by atoms with Crippen molar-refractivity contribution in [2.75, 3.05) is 0 Å². The molecule has 34 heavy (non-hydrogen) atoms. The molecule has 0 spiro atoms. The third kappa shape index (κ3) is 5.38. The number of fused-ring (bicyclic) bond motifs is 1. The molecule has 0 atom stereocenters. The van der Waals surface area contributed by atoms with Crippen LogP contribution in [0.5, 0.6) is 0 Å². The van der Waals surface area contributed by atoms with Gasteiger partial charge in [-0.05, 0) is 54.4 Å². The number of aryl methyl sites for hydroxylation is 1. The molecular weight excluding hydrogens is 460 g/mol. The summed E-state index contributed by atoms with van der Waals surface area (Å²) in [7, 11) is 0. The number of carbonyl (C=O) groups is 1. The summed E-state index contributed by atoms with van der Waals surface area (Å²) in [5.74, 6) is 0.767. The molecule has 0 radical (unpaired) electrons. The number of aromatic nitrogens is 3. The van der Waals surface area contributed by atoms with E-state index >= 15 is 0 Å². The highest BCUT2D eigenvalue weighted by Gasteiger charge is 2.07. The Morgan fingerprint density at radius 3 is 2.53 bits per heavy atom. The normalized spacial score (nSPS) is 11.1. The molecule has 5 aromatic rings. The standard InChI is InChI=1S/C27H24N4OS2/c1-19-30-23(16-33-19)17-34-24-12-10-22(11-13-24)27(32)28-14-20-6-8-21(9-7-20)15-31-18-29-25-4-2-3-5-26(25)31/h2-13,16,18H,14-15,17H2,1H3,(H,28,32). The topological polar surface area (TPSA) is 59.8 Å². The average Bonchev–Trinajstić information content (AvgIpc) is 3.48. The van der Waals surface area contributed by atoms with Crippen molar-refractivity contribution >= 4 is 40.0 Å². The molecule has 3 aromatic carbocycles. The van der Waals surface area contributed by atoms with E-state index in [0.717, 1.165) is 44.5 Å². The maximum absolute atomic E-state index is 12.6. The fourth-order valence-electron chi connectivity index (χ4n) is 3.71. The van der Waals surface area contributed by atoms with Gasteiger partial charge in [0, 0.05) is 34.7 Å². The van der Waals surface area contributed by atoms with Crippen LogP contribution in [-0.4, -0.2) is 20.4 Å². The molecule has 0 aliphatic carbocycles. The van der Waals surface area contributed by atoms with E-state index in [9.17, 15) is 4.79 Å². The van der Waals surface area contributed by atoms with Gasteiger partial charge in [0.1, 0.15) is 0 Å². The second-order valence-corrected chi connectivity index (χ2v) is 10.1. The first-order valence-electron chi connectivity index (χ1n) is 11.0. The number of hydrogen-bond donors (Lipinski definition) is 1. The van der Waals surface area contributed by atoms with Crippen LogP contribution < -0.4 is 5.32 Å². The maximum atomic E-state index is 12.6. The number of rotatable bonds is 8. The molecule has 7 heteroatoms. The number of thioether (sulfide) groups is 1. The molecule has 0 aliphatic heterocycles. The molecule has 1 amide bonds. The minimum absolute atomic E-state index is 0.0689. The maximum Gasteiger partial charge on any atom is 0.251 e. The number of thiazole rings is 1. The highest BCUT2D eigenvalue weighted by molar-refractivity contribution is 7.98. The Morgan fingerprint density at radius 2 is 1.76 bits per heavy atom. The fraction of sp³-hybridized carbons (Fsp3) is 0.148. The van der Waals surface area contributed by atoms with Crippen molar-refractivity contribution < 1.29 is 4.79 Å². The number of carbonyl (C=O) groups excluding carboxylic acids is 1. The third-order valence-electron chi connectivity index (χ3n) is 5.53. The van der Waals surface area contributed by atoms with Gasteiger partial charge in [-0.15, -0.1) is 23.1 Å². The lowest BCUT2D eigenvalue weighted by Crippen LogP contribution is -2.22. The molecular formula is C27H24N4OS2. The van der Waals surface area contributed by atoms with Crippen LogP contribution in [0.3, 0.4) is 0 Å². The Bertz CT molecular complexity index is 1400. The molecule has 2 heterocycles. The predicted molar refractivity (Wildman–Crippen MR) is 139 cm³/mol. The fourth-order valence-corrected chi connectivity index (χ4v) is 5.22. The molecule has 2 aromatic heterocycles. The molecule has 5 nitrogen and oxygen atoms in total. The number of hydrogen-bond acceptors (Lipinski definition) is 5. The lowest BCUT2D eigenvalue weighted by molar-refractivity contribution is 0.0951. The van der Waals surface area contributed by atoms with Crippen molar-refractivity contribution in [3.05, 3.63) is 112 Å². The van der Waals surface area contributed by atoms with Gasteiger partial charge in [-0.3, -0.25) is 4.79 Å². The van der Waals surface area contributed by atoms with E-state index in [-0.39, 0.29) is 5.91 Å². The van der Waals surface area contributed by atoms with E-state index < -0.39 is 0 Å². The molecule has 0 fully saturated rings. The first-order valence-corrected chi connectivity index (χ1v) is 12.9. The molecule has 5 rings (SSSR count). The van der Waals surface area contributed by atoms with Crippen LogP contribution in [0, 0.1) is 6.92 Å². The number of benzene rings is 3. The van der Waals surface area contributed by atoms with Gasteiger partial charge in [0.05, 0.1) is 28.1 Å². The Hall–Kier alpha value is -3.42. The van der Waals surface area contributed by atoms with Crippen molar-refractivity contribution in [1.29, 1.82) is 0 Å². The van der Waals surface area contributed by atoms with Gasteiger partial charge in [0.2, 0.25) is 0 Å². The third-order valence-corrected chi connectivity index (χ3v) is 7.39. The highest BCUT2D eigenvalue weighted by atomic mass is 32.2. The summed E-state index contributed by atoms with van der Waals surface area (Å²) in [5, 5.41) is 6.20. The van der Waals surface area contributed by atoms with Crippen LogP contribution in [0.4, 0.5) is 0 Å². The smallest absolute Gasteiger partial charge is 0.251 e. The van der Waals surface area contributed by atoms with Crippen molar-refractivity contribution in [3.63, 3.8) is 0 Å². The van der Waals surface area contributed by atoms with E-state index in [1.807, 2.05) is 55.7 Å². The summed E-state index contributed by atoms with van der Waals surface area (Å²) in [6.45, 7) is 3.27. The van der Waals surface area contributed by atoms with Crippen molar-refractivity contribution in [2.24, 2.45) is 0 Å². The van der Waals surface area contributed by atoms with Gasteiger partial charge < -0.3 is 9.88 Å². The van der Waals surface area contributed by atoms with E-state index in [1.54, 1.807) is 23.1 Å². The quantitative estimate of drug-likeness (QED) is 0.272. The summed E-state index contributed by atoms with van der Waals surface area (Å²) in [6, 6.07) is 24.2. The van der Waals surface area contributed by atoms with Crippen molar-refractivity contribution in [1.82, 2.24) is 19.9 Å². The van der Waals surface area contributed by atoms with Gasteiger partial charge in [0.15, 0.2) is 0 Å². The Morgan fingerprint density at radius 1 is 1.00 bits per heavy atom. The van der Waals surface area contributed by atoms with Gasteiger partial charge >= 0.3 is 0 Å². The summed E-state index contributed by atoms with van der Waals surface area (Å²) in [6.07, 6.45) is 1.88. The number of imidazole rings is 1. The molecule has 1 N–H and O–H groups in total. The molecule has 0 aliphatic rings. The van der Waals surface area contributed by atoms with Crippen LogP contribution in [0.25, 0.3) is 11.0 Å².